The number of aromatic hydroxyl groups is 1. The first-order valence-corrected chi connectivity index (χ1v) is 17.1. The number of morpholine rings is 1. The number of allylic oxidation sites excluding steroid dienone is 2. The number of nitrogens with zero attached hydrogens (tertiary/aromatic N) is 3. The van der Waals surface area contributed by atoms with Gasteiger partial charge in [-0.15, -0.1) is 0 Å². The zero-order valence-corrected chi connectivity index (χ0v) is 27.6. The molecule has 1 saturated carbocycles. The molecule has 3 heterocycles. The highest BCUT2D eigenvalue weighted by Crippen LogP contribution is 2.65. The van der Waals surface area contributed by atoms with Crippen LogP contribution < -0.4 is 19.4 Å². The van der Waals surface area contributed by atoms with E-state index in [-0.39, 0.29) is 41.5 Å². The van der Waals surface area contributed by atoms with E-state index in [4.69, 9.17) is 9.47 Å². The molecule has 252 valence electrons. The SMILES string of the molecule is CCOc1cccc([C@H]2C3=CC[C@@H]4C(=O)N(c5ccc(N6CCOCC6)cc5)C(=O)[C@@H]4[C@@H]3C[C@H]3C(=O)N(c4ccccc4)C(=O)[C@@]23C)c1O. The molecule has 8 rings (SSSR count). The van der Waals surface area contributed by atoms with Gasteiger partial charge in [-0.05, 0) is 75.1 Å². The monoisotopic (exact) mass is 661 g/mol. The average Bonchev–Trinajstić information content (AvgIpc) is 3.49. The van der Waals surface area contributed by atoms with Crippen LogP contribution in [0.1, 0.15) is 38.2 Å². The van der Waals surface area contributed by atoms with Crippen molar-refractivity contribution in [1.82, 2.24) is 0 Å². The van der Waals surface area contributed by atoms with Crippen LogP contribution in [0.2, 0.25) is 0 Å². The van der Waals surface area contributed by atoms with Crippen molar-refractivity contribution >= 4 is 40.7 Å². The van der Waals surface area contributed by atoms with Gasteiger partial charge in [0, 0.05) is 30.3 Å². The van der Waals surface area contributed by atoms with E-state index < -0.39 is 35.0 Å². The van der Waals surface area contributed by atoms with Crippen LogP contribution in [0.4, 0.5) is 17.1 Å². The van der Waals surface area contributed by atoms with Crippen LogP contribution in [0.15, 0.2) is 84.4 Å². The summed E-state index contributed by atoms with van der Waals surface area (Å²) >= 11 is 0. The first-order valence-electron chi connectivity index (χ1n) is 17.1. The normalized spacial score (nSPS) is 29.5. The molecule has 0 aromatic heterocycles. The van der Waals surface area contributed by atoms with Crippen molar-refractivity contribution in [1.29, 1.82) is 0 Å². The lowest BCUT2D eigenvalue weighted by molar-refractivity contribution is -0.131. The summed E-state index contributed by atoms with van der Waals surface area (Å²) < 4.78 is 11.2. The van der Waals surface area contributed by atoms with Gasteiger partial charge < -0.3 is 19.5 Å². The number of benzene rings is 3. The van der Waals surface area contributed by atoms with E-state index in [0.29, 0.717) is 43.2 Å². The number of hydrogen-bond donors (Lipinski definition) is 1. The predicted octanol–water partition coefficient (Wildman–Crippen LogP) is 5.06. The average molecular weight is 662 g/mol. The number of carbonyl (C=O) groups excluding carboxylic acids is 4. The number of anilines is 3. The summed E-state index contributed by atoms with van der Waals surface area (Å²) in [5.41, 5.74) is 2.02. The Bertz CT molecular complexity index is 1870. The molecule has 2 aliphatic carbocycles. The third-order valence-electron chi connectivity index (χ3n) is 11.4. The van der Waals surface area contributed by atoms with Crippen LogP contribution in [0, 0.1) is 29.1 Å². The van der Waals surface area contributed by atoms with Crippen molar-refractivity contribution in [3.63, 3.8) is 0 Å². The summed E-state index contributed by atoms with van der Waals surface area (Å²) in [6.45, 7) is 6.81. The Morgan fingerprint density at radius 2 is 1.51 bits per heavy atom. The molecule has 10 heteroatoms. The number of fused-ring (bicyclic) bond motifs is 4. The predicted molar refractivity (Wildman–Crippen MR) is 182 cm³/mol. The minimum Gasteiger partial charge on any atom is -0.504 e. The fraction of sp³-hybridized carbons (Fsp3) is 0.385. The fourth-order valence-electron chi connectivity index (χ4n) is 9.12. The van der Waals surface area contributed by atoms with E-state index >= 15 is 0 Å². The van der Waals surface area contributed by atoms with Gasteiger partial charge in [-0.25, -0.2) is 4.90 Å². The molecule has 4 amide bonds. The molecule has 0 unspecified atom stereocenters. The molecular weight excluding hydrogens is 622 g/mol. The van der Waals surface area contributed by atoms with E-state index in [9.17, 15) is 24.3 Å². The van der Waals surface area contributed by atoms with Crippen molar-refractivity contribution < 1.29 is 33.8 Å². The zero-order chi connectivity index (χ0) is 34.0. The number of hydrogen-bond acceptors (Lipinski definition) is 8. The largest absolute Gasteiger partial charge is 0.504 e. The lowest BCUT2D eigenvalue weighted by atomic mass is 9.51. The molecule has 6 atom stereocenters. The summed E-state index contributed by atoms with van der Waals surface area (Å²) in [7, 11) is 0. The summed E-state index contributed by atoms with van der Waals surface area (Å²) in [5.74, 6) is -4.34. The molecule has 5 aliphatic rings. The molecule has 3 aliphatic heterocycles. The number of para-hydroxylation sites is 2. The summed E-state index contributed by atoms with van der Waals surface area (Å²) in [6, 6.07) is 21.6. The standard InChI is InChI=1S/C39H39N3O7/c1-3-49-31-11-7-10-28(34(31)43)33-26-16-17-27-32(29(26)22-30-36(45)42(38(47)39(30,33)2)24-8-5-4-6-9-24)37(46)41(35(27)44)25-14-12-23(13-15-25)40-18-20-48-21-19-40/h4-16,27,29-30,32-33,43H,3,17-22H2,1-2H3/t27-,29+,30-,32-,33+,39+/m0/s1. The first-order chi connectivity index (χ1) is 23.8. The highest BCUT2D eigenvalue weighted by Gasteiger charge is 2.68. The molecule has 3 aromatic carbocycles. The van der Waals surface area contributed by atoms with Crippen LogP contribution in [-0.2, 0) is 23.9 Å². The maximum absolute atomic E-state index is 14.6. The minimum absolute atomic E-state index is 0.0905. The highest BCUT2D eigenvalue weighted by molar-refractivity contribution is 6.25. The second-order valence-corrected chi connectivity index (χ2v) is 13.8. The number of ether oxygens (including phenoxy) is 2. The van der Waals surface area contributed by atoms with E-state index in [0.717, 1.165) is 24.4 Å². The summed E-state index contributed by atoms with van der Waals surface area (Å²) in [6.07, 6.45) is 2.55. The maximum atomic E-state index is 14.6. The molecule has 1 N–H and O–H groups in total. The number of phenols is 1. The highest BCUT2D eigenvalue weighted by atomic mass is 16.5. The molecule has 0 bridgehead atoms. The Hall–Kier alpha value is -4.96. The zero-order valence-electron chi connectivity index (χ0n) is 27.6. The van der Waals surface area contributed by atoms with Crippen molar-refractivity contribution in [3.05, 3.63) is 90.0 Å². The molecule has 4 fully saturated rings. The molecule has 0 radical (unpaired) electrons. The fourth-order valence-corrected chi connectivity index (χ4v) is 9.12. The Labute approximate surface area is 284 Å². The molecular formula is C39H39N3O7. The van der Waals surface area contributed by atoms with Gasteiger partial charge in [-0.2, -0.15) is 0 Å². The van der Waals surface area contributed by atoms with Gasteiger partial charge in [-0.1, -0.05) is 42.0 Å². The topological polar surface area (TPSA) is 117 Å². The van der Waals surface area contributed by atoms with Crippen molar-refractivity contribution in [2.45, 2.75) is 32.6 Å². The van der Waals surface area contributed by atoms with Gasteiger partial charge in [0.1, 0.15) is 0 Å². The number of imide groups is 2. The summed E-state index contributed by atoms with van der Waals surface area (Å²) in [5, 5.41) is 11.6. The van der Waals surface area contributed by atoms with E-state index in [2.05, 4.69) is 4.90 Å². The van der Waals surface area contributed by atoms with Crippen LogP contribution in [0.25, 0.3) is 0 Å². The van der Waals surface area contributed by atoms with E-state index in [1.807, 2.05) is 50.3 Å². The third-order valence-corrected chi connectivity index (χ3v) is 11.4. The van der Waals surface area contributed by atoms with Crippen molar-refractivity contribution in [2.24, 2.45) is 29.1 Å². The van der Waals surface area contributed by atoms with E-state index in [1.165, 1.54) is 9.80 Å². The van der Waals surface area contributed by atoms with Crippen LogP contribution >= 0.6 is 0 Å². The Morgan fingerprint density at radius 1 is 0.816 bits per heavy atom. The van der Waals surface area contributed by atoms with Crippen molar-refractivity contribution in [3.8, 4) is 11.5 Å². The maximum Gasteiger partial charge on any atom is 0.241 e. The Morgan fingerprint density at radius 3 is 2.22 bits per heavy atom. The Balaban J connectivity index is 1.20. The smallest absolute Gasteiger partial charge is 0.241 e. The minimum atomic E-state index is -1.26. The Kier molecular flexibility index (Phi) is 7.59. The summed E-state index contributed by atoms with van der Waals surface area (Å²) in [4.78, 5) is 62.3. The first kappa shape index (κ1) is 31.3. The van der Waals surface area contributed by atoms with Gasteiger partial charge in [0.25, 0.3) is 0 Å². The second kappa shape index (κ2) is 11.9. The second-order valence-electron chi connectivity index (χ2n) is 13.8. The lowest BCUT2D eigenvalue weighted by Gasteiger charge is -2.49. The third kappa shape index (κ3) is 4.64. The van der Waals surface area contributed by atoms with E-state index in [1.54, 1.807) is 42.5 Å². The number of rotatable bonds is 6. The van der Waals surface area contributed by atoms with Crippen LogP contribution in [0.3, 0.4) is 0 Å². The molecule has 10 nitrogen and oxygen atoms in total. The quantitative estimate of drug-likeness (QED) is 0.288. The van der Waals surface area contributed by atoms with Crippen LogP contribution in [-0.4, -0.2) is 61.6 Å². The molecule has 3 saturated heterocycles. The van der Waals surface area contributed by atoms with Gasteiger partial charge in [0.15, 0.2) is 11.5 Å². The molecule has 49 heavy (non-hydrogen) atoms. The van der Waals surface area contributed by atoms with Gasteiger partial charge in [0.05, 0.1) is 54.4 Å². The van der Waals surface area contributed by atoms with Gasteiger partial charge in [0.2, 0.25) is 23.6 Å². The molecule has 3 aromatic rings. The number of amides is 4. The van der Waals surface area contributed by atoms with Gasteiger partial charge >= 0.3 is 0 Å². The van der Waals surface area contributed by atoms with Crippen molar-refractivity contribution in [2.75, 3.05) is 47.6 Å². The lowest BCUT2D eigenvalue weighted by Crippen LogP contribution is -2.48. The number of phenolic OH excluding ortho intramolecular Hbond substituents is 1. The van der Waals surface area contributed by atoms with Crippen LogP contribution in [0.5, 0.6) is 11.5 Å². The number of carbonyl (C=O) groups is 4. The molecule has 0 spiro atoms. The van der Waals surface area contributed by atoms with Gasteiger partial charge in [-0.3, -0.25) is 24.1 Å².